The Morgan fingerprint density at radius 1 is 0.875 bits per heavy atom. The second-order valence-electron chi connectivity index (χ2n) is 15.8. The fourth-order valence-corrected chi connectivity index (χ4v) is 7.30. The molecule has 1 aromatic heterocycles. The number of hydrogen-bond donors (Lipinski definition) is 1. The summed E-state index contributed by atoms with van der Waals surface area (Å²) >= 11 is 0. The van der Waals surface area contributed by atoms with Crippen molar-refractivity contribution < 1.29 is 22.8 Å². The molecule has 0 saturated carbocycles. The first-order valence-corrected chi connectivity index (χ1v) is 22.9. The summed E-state index contributed by atoms with van der Waals surface area (Å²) in [5.41, 5.74) is -2.68. The van der Waals surface area contributed by atoms with Crippen LogP contribution >= 0.6 is 0 Å². The van der Waals surface area contributed by atoms with Crippen LogP contribution in [-0.2, 0) is 22.8 Å². The number of hydrogen-bond acceptors (Lipinski definition) is 7. The molecular weight excluding hydrogens is 561 g/mol. The highest BCUT2D eigenvalue weighted by Crippen LogP contribution is 2.49. The molecular formula is C28H54N2O7Si3. The van der Waals surface area contributed by atoms with Gasteiger partial charge in [-0.15, -0.1) is 0 Å². The standard InChI is InChI=1S/C28H54N2O7Si3/c1-25(2,3)38(10,11)34-19-28(18-31)22(37-40(14,15)27(7,8)9)21(36-39(12,13)26(4,5)6)23(35-28)30-17-16-20(32)29-24(30)33/h16-18,21-23H,19H2,1-15H3,(H,29,32,33)/t21?,22-,23+,28+/m0/s1. The Kier molecular flexibility index (Phi) is 9.78. The molecule has 1 saturated heterocycles. The number of aldehydes is 1. The molecule has 2 heterocycles. The highest BCUT2D eigenvalue weighted by Gasteiger charge is 2.62. The molecule has 0 aliphatic carbocycles. The maximum atomic E-state index is 13.2. The van der Waals surface area contributed by atoms with E-state index in [0.717, 1.165) is 6.29 Å². The number of nitrogens with zero attached hydrogens (tertiary/aromatic N) is 1. The van der Waals surface area contributed by atoms with Crippen LogP contribution in [0.25, 0.3) is 0 Å². The van der Waals surface area contributed by atoms with Gasteiger partial charge in [0.25, 0.3) is 5.56 Å². The maximum Gasteiger partial charge on any atom is 0.330 e. The van der Waals surface area contributed by atoms with Crippen molar-refractivity contribution in [3.05, 3.63) is 33.1 Å². The first kappa shape index (κ1) is 35.0. The molecule has 4 atom stereocenters. The fourth-order valence-electron chi connectivity index (χ4n) is 3.68. The molecule has 0 bridgehead atoms. The zero-order chi connectivity index (χ0) is 31.3. The van der Waals surface area contributed by atoms with Gasteiger partial charge in [0.15, 0.2) is 43.1 Å². The van der Waals surface area contributed by atoms with Crippen molar-refractivity contribution in [2.75, 3.05) is 6.61 Å². The number of aromatic nitrogens is 2. The minimum atomic E-state index is -2.50. The van der Waals surface area contributed by atoms with Crippen LogP contribution in [0, 0.1) is 0 Å². The molecule has 0 spiro atoms. The molecule has 40 heavy (non-hydrogen) atoms. The Labute approximate surface area is 243 Å². The topological polar surface area (TPSA) is 109 Å². The predicted molar refractivity (Wildman–Crippen MR) is 168 cm³/mol. The molecule has 1 aliphatic rings. The van der Waals surface area contributed by atoms with E-state index in [9.17, 15) is 14.4 Å². The van der Waals surface area contributed by atoms with Crippen molar-refractivity contribution >= 4 is 31.2 Å². The van der Waals surface area contributed by atoms with Gasteiger partial charge in [0.2, 0.25) is 0 Å². The molecule has 12 heteroatoms. The number of H-pyrrole nitrogens is 1. The Morgan fingerprint density at radius 3 is 1.77 bits per heavy atom. The Balaban J connectivity index is 2.82. The number of ether oxygens (including phenoxy) is 1. The highest BCUT2D eigenvalue weighted by atomic mass is 28.4. The Morgan fingerprint density at radius 2 is 1.35 bits per heavy atom. The molecule has 2 rings (SSSR count). The summed E-state index contributed by atoms with van der Waals surface area (Å²) in [5.74, 6) is 0. The number of carbonyl (C=O) groups excluding carboxylic acids is 1. The van der Waals surface area contributed by atoms with E-state index in [1.165, 1.54) is 16.8 Å². The Hall–Kier alpha value is -1.16. The van der Waals surface area contributed by atoms with Crippen molar-refractivity contribution in [1.29, 1.82) is 0 Å². The number of carbonyl (C=O) groups is 1. The van der Waals surface area contributed by atoms with E-state index in [4.69, 9.17) is 18.0 Å². The summed E-state index contributed by atoms with van der Waals surface area (Å²) < 4.78 is 28.6. The van der Waals surface area contributed by atoms with Crippen LogP contribution < -0.4 is 11.2 Å². The van der Waals surface area contributed by atoms with Crippen molar-refractivity contribution in [3.8, 4) is 0 Å². The molecule has 9 nitrogen and oxygen atoms in total. The van der Waals surface area contributed by atoms with E-state index in [-0.39, 0.29) is 21.7 Å². The van der Waals surface area contributed by atoms with Crippen LogP contribution in [0.15, 0.2) is 21.9 Å². The first-order chi connectivity index (χ1) is 17.7. The van der Waals surface area contributed by atoms with Gasteiger partial charge in [-0.05, 0) is 54.4 Å². The zero-order valence-electron chi connectivity index (χ0n) is 27.5. The van der Waals surface area contributed by atoms with Crippen LogP contribution in [0.2, 0.25) is 54.4 Å². The molecule has 0 radical (unpaired) electrons. The molecule has 0 amide bonds. The summed E-state index contributed by atoms with van der Waals surface area (Å²) in [7, 11) is -7.29. The van der Waals surface area contributed by atoms with Gasteiger partial charge in [0.1, 0.15) is 12.2 Å². The molecule has 1 unspecified atom stereocenters. The number of aromatic amines is 1. The van der Waals surface area contributed by atoms with E-state index < -0.39 is 60.2 Å². The summed E-state index contributed by atoms with van der Waals surface area (Å²) in [6.45, 7) is 31.9. The van der Waals surface area contributed by atoms with Gasteiger partial charge in [-0.3, -0.25) is 19.1 Å². The highest BCUT2D eigenvalue weighted by molar-refractivity contribution is 6.75. The normalized spacial score (nSPS) is 25.3. The van der Waals surface area contributed by atoms with Gasteiger partial charge >= 0.3 is 5.69 Å². The Bertz CT molecular complexity index is 1170. The average molecular weight is 615 g/mol. The maximum absolute atomic E-state index is 13.2. The third kappa shape index (κ3) is 7.07. The van der Waals surface area contributed by atoms with Crippen molar-refractivity contribution in [2.45, 2.75) is 141 Å². The van der Waals surface area contributed by atoms with E-state index in [1.54, 1.807) is 0 Å². The van der Waals surface area contributed by atoms with E-state index >= 15 is 0 Å². The van der Waals surface area contributed by atoms with E-state index in [0.29, 0.717) is 0 Å². The van der Waals surface area contributed by atoms with Crippen molar-refractivity contribution in [3.63, 3.8) is 0 Å². The van der Waals surface area contributed by atoms with Crippen molar-refractivity contribution in [1.82, 2.24) is 9.55 Å². The molecule has 1 fully saturated rings. The van der Waals surface area contributed by atoms with Crippen LogP contribution in [0.4, 0.5) is 0 Å². The molecule has 1 N–H and O–H groups in total. The van der Waals surface area contributed by atoms with Gasteiger partial charge in [-0.25, -0.2) is 4.79 Å². The third-order valence-electron chi connectivity index (χ3n) is 9.66. The summed E-state index contributed by atoms with van der Waals surface area (Å²) in [4.78, 5) is 40.5. The third-order valence-corrected chi connectivity index (χ3v) is 23.1. The van der Waals surface area contributed by atoms with Gasteiger partial charge < -0.3 is 18.0 Å². The van der Waals surface area contributed by atoms with Crippen LogP contribution in [0.3, 0.4) is 0 Å². The summed E-state index contributed by atoms with van der Waals surface area (Å²) in [5, 5.41) is -0.437. The number of rotatable bonds is 9. The van der Waals surface area contributed by atoms with Crippen LogP contribution in [0.5, 0.6) is 0 Å². The van der Waals surface area contributed by atoms with E-state index in [1.807, 2.05) is 0 Å². The average Bonchev–Trinajstić information content (AvgIpc) is 3.02. The first-order valence-electron chi connectivity index (χ1n) is 14.2. The molecule has 0 aromatic carbocycles. The lowest BCUT2D eigenvalue weighted by Crippen LogP contribution is -2.59. The van der Waals surface area contributed by atoms with Gasteiger partial charge in [0, 0.05) is 12.3 Å². The number of nitrogens with one attached hydrogen (secondary N) is 1. The summed E-state index contributed by atoms with van der Waals surface area (Å²) in [6.07, 6.45) is -0.481. The van der Waals surface area contributed by atoms with Gasteiger partial charge in [-0.1, -0.05) is 62.3 Å². The summed E-state index contributed by atoms with van der Waals surface area (Å²) in [6, 6.07) is 1.27. The molecule has 1 aromatic rings. The fraction of sp³-hybridized carbons (Fsp3) is 0.821. The van der Waals surface area contributed by atoms with Crippen LogP contribution in [0.1, 0.15) is 68.5 Å². The molecule has 230 valence electrons. The largest absolute Gasteiger partial charge is 0.413 e. The van der Waals surface area contributed by atoms with Gasteiger partial charge in [-0.2, -0.15) is 0 Å². The lowest BCUT2D eigenvalue weighted by molar-refractivity contribution is -0.149. The van der Waals surface area contributed by atoms with Crippen molar-refractivity contribution in [2.24, 2.45) is 0 Å². The second kappa shape index (κ2) is 11.2. The minimum Gasteiger partial charge on any atom is -0.413 e. The smallest absolute Gasteiger partial charge is 0.330 e. The van der Waals surface area contributed by atoms with Gasteiger partial charge in [0.05, 0.1) is 6.61 Å². The lowest BCUT2D eigenvalue weighted by Gasteiger charge is -2.46. The SMILES string of the molecule is CC(C)(C)[Si](C)(C)OC[C@@]1(C=O)O[C@@H](n2ccc(=O)[nH]c2=O)C(O[Si](C)(C)C(C)(C)C)[C@@H]1O[Si](C)(C)C(C)(C)C. The second-order valence-corrected chi connectivity index (χ2v) is 30.1. The molecule has 1 aliphatic heterocycles. The monoisotopic (exact) mass is 614 g/mol. The van der Waals surface area contributed by atoms with Crippen LogP contribution in [-0.4, -0.2) is 65.2 Å². The quantitative estimate of drug-likeness (QED) is 0.276. The zero-order valence-corrected chi connectivity index (χ0v) is 30.5. The lowest BCUT2D eigenvalue weighted by atomic mass is 9.98. The minimum absolute atomic E-state index is 0.0295. The van der Waals surface area contributed by atoms with E-state index in [2.05, 4.69) is 107 Å². The predicted octanol–water partition coefficient (Wildman–Crippen LogP) is 5.81.